The molecule has 27 heavy (non-hydrogen) atoms. The van der Waals surface area contributed by atoms with E-state index >= 15 is 0 Å². The molecule has 4 heterocycles. The number of rotatable bonds is 3. The van der Waals surface area contributed by atoms with E-state index in [1.54, 1.807) is 11.0 Å². The predicted molar refractivity (Wildman–Crippen MR) is 92.5 cm³/mol. The van der Waals surface area contributed by atoms with E-state index in [2.05, 4.69) is 10.4 Å². The maximum atomic E-state index is 13.5. The fourth-order valence-electron chi connectivity index (χ4n) is 4.31. The number of hydrogen-bond acceptors (Lipinski definition) is 4. The summed E-state index contributed by atoms with van der Waals surface area (Å²) in [5.41, 5.74) is 0.631. The van der Waals surface area contributed by atoms with E-state index in [9.17, 15) is 18.0 Å². The predicted octanol–water partition coefficient (Wildman–Crippen LogP) is 3.08. The molecule has 150 valence electrons. The van der Waals surface area contributed by atoms with Crippen molar-refractivity contribution in [2.45, 2.75) is 69.3 Å². The van der Waals surface area contributed by atoms with Gasteiger partial charge in [-0.3, -0.25) is 4.79 Å². The van der Waals surface area contributed by atoms with Crippen LogP contribution in [0.4, 0.5) is 19.0 Å². The normalized spacial score (nSPS) is 31.0. The Morgan fingerprint density at radius 3 is 2.89 bits per heavy atom. The Morgan fingerprint density at radius 2 is 2.22 bits per heavy atom. The molecule has 1 aromatic rings. The Morgan fingerprint density at radius 1 is 1.41 bits per heavy atom. The van der Waals surface area contributed by atoms with Crippen molar-refractivity contribution >= 4 is 11.7 Å². The molecule has 2 saturated heterocycles. The first-order valence-electron chi connectivity index (χ1n) is 9.70. The van der Waals surface area contributed by atoms with Crippen molar-refractivity contribution < 1.29 is 22.7 Å². The van der Waals surface area contributed by atoms with Crippen LogP contribution in [-0.2, 0) is 9.53 Å². The van der Waals surface area contributed by atoms with Gasteiger partial charge in [0.25, 0.3) is 5.91 Å². The molecule has 4 rings (SSSR count). The monoisotopic (exact) mass is 386 g/mol. The number of aromatic nitrogens is 2. The first kappa shape index (κ1) is 18.6. The Hall–Kier alpha value is -1.77. The van der Waals surface area contributed by atoms with Crippen molar-refractivity contribution in [1.29, 1.82) is 0 Å². The number of nitrogens with one attached hydrogen (secondary N) is 1. The van der Waals surface area contributed by atoms with E-state index in [1.807, 2.05) is 6.92 Å². The summed E-state index contributed by atoms with van der Waals surface area (Å²) in [6, 6.07) is -0.0843. The molecule has 0 spiro atoms. The van der Waals surface area contributed by atoms with Crippen molar-refractivity contribution in [1.82, 2.24) is 14.7 Å². The van der Waals surface area contributed by atoms with E-state index in [0.717, 1.165) is 17.5 Å². The second-order valence-corrected chi connectivity index (χ2v) is 7.71. The van der Waals surface area contributed by atoms with Crippen molar-refractivity contribution in [3.63, 3.8) is 0 Å². The lowest BCUT2D eigenvalue weighted by Gasteiger charge is -2.32. The Labute approximate surface area is 156 Å². The molecule has 0 aromatic carbocycles. The second-order valence-electron chi connectivity index (χ2n) is 7.71. The number of likely N-dealkylation sites (tertiary alicyclic amines) is 1. The standard InChI is InChI=1S/C18H25F3N4O2/c1-2-12-8-15(18(19,20)21)25-16(22-12)9-13(23-25)11-5-6-24(10-11)17(26)14-4-3-7-27-14/h9,11-12,14-15,22H,2-8,10H2,1H3/t11?,12-,14?,15-/m1/s1. The Kier molecular flexibility index (Phi) is 4.82. The third-order valence-electron chi connectivity index (χ3n) is 5.90. The van der Waals surface area contributed by atoms with Gasteiger partial charge in [0.15, 0.2) is 6.04 Å². The number of anilines is 1. The van der Waals surface area contributed by atoms with Gasteiger partial charge in [-0.2, -0.15) is 18.3 Å². The van der Waals surface area contributed by atoms with Gasteiger partial charge in [0.1, 0.15) is 11.9 Å². The maximum absolute atomic E-state index is 13.5. The van der Waals surface area contributed by atoms with Gasteiger partial charge in [-0.25, -0.2) is 4.68 Å². The topological polar surface area (TPSA) is 59.4 Å². The maximum Gasteiger partial charge on any atom is 0.410 e. The van der Waals surface area contributed by atoms with Crippen molar-refractivity contribution in [3.8, 4) is 0 Å². The summed E-state index contributed by atoms with van der Waals surface area (Å²) in [7, 11) is 0. The summed E-state index contributed by atoms with van der Waals surface area (Å²) in [5, 5.41) is 7.48. The lowest BCUT2D eigenvalue weighted by Crippen LogP contribution is -2.38. The summed E-state index contributed by atoms with van der Waals surface area (Å²) < 4.78 is 47.1. The number of amides is 1. The SMILES string of the molecule is CC[C@@H]1C[C@H](C(F)(F)F)n2nc(C3CCN(C(=O)C4CCCO4)C3)cc2N1. The molecule has 1 amide bonds. The molecule has 4 atom stereocenters. The highest BCUT2D eigenvalue weighted by Gasteiger charge is 2.46. The molecular weight excluding hydrogens is 361 g/mol. The summed E-state index contributed by atoms with van der Waals surface area (Å²) in [5.74, 6) is 0.384. The number of carbonyl (C=O) groups is 1. The van der Waals surface area contributed by atoms with Crippen LogP contribution in [0.25, 0.3) is 0 Å². The van der Waals surface area contributed by atoms with Crippen molar-refractivity contribution in [2.24, 2.45) is 0 Å². The number of alkyl halides is 3. The summed E-state index contributed by atoms with van der Waals surface area (Å²) in [4.78, 5) is 14.3. The minimum atomic E-state index is -4.33. The second kappa shape index (κ2) is 7.00. The number of fused-ring (bicyclic) bond motifs is 1. The first-order valence-corrected chi connectivity index (χ1v) is 9.70. The number of carbonyl (C=O) groups excluding carboxylic acids is 1. The quantitative estimate of drug-likeness (QED) is 0.867. The van der Waals surface area contributed by atoms with Crippen LogP contribution in [0.5, 0.6) is 0 Å². The van der Waals surface area contributed by atoms with Crippen molar-refractivity contribution in [3.05, 3.63) is 11.8 Å². The summed E-state index contributed by atoms with van der Waals surface area (Å²) >= 11 is 0. The van der Waals surface area contributed by atoms with Gasteiger partial charge in [-0.05, 0) is 32.1 Å². The van der Waals surface area contributed by atoms with E-state index in [1.165, 1.54) is 0 Å². The lowest BCUT2D eigenvalue weighted by atomic mass is 10.0. The molecule has 9 heteroatoms. The largest absolute Gasteiger partial charge is 0.410 e. The molecule has 0 saturated carbocycles. The van der Waals surface area contributed by atoms with Crippen LogP contribution in [0.2, 0.25) is 0 Å². The van der Waals surface area contributed by atoms with Gasteiger partial charge in [0, 0.05) is 37.7 Å². The van der Waals surface area contributed by atoms with Crippen molar-refractivity contribution in [2.75, 3.05) is 25.0 Å². The number of halogens is 3. The Bertz CT molecular complexity index is 699. The van der Waals surface area contributed by atoms with Gasteiger partial charge in [-0.15, -0.1) is 0 Å². The third-order valence-corrected chi connectivity index (χ3v) is 5.90. The molecule has 0 radical (unpaired) electrons. The summed E-state index contributed by atoms with van der Waals surface area (Å²) in [6.45, 7) is 3.58. The van der Waals surface area contributed by atoms with Crippen LogP contribution in [-0.4, -0.2) is 58.6 Å². The highest BCUT2D eigenvalue weighted by atomic mass is 19.4. The van der Waals surface area contributed by atoms with Crippen LogP contribution < -0.4 is 5.32 Å². The Balaban J connectivity index is 1.51. The minimum Gasteiger partial charge on any atom is -0.368 e. The van der Waals surface area contributed by atoms with Gasteiger partial charge < -0.3 is 15.0 Å². The number of ether oxygens (including phenoxy) is 1. The average Bonchev–Trinajstić information content (AvgIpc) is 3.38. The molecule has 1 N–H and O–H groups in total. The molecule has 0 bridgehead atoms. The van der Waals surface area contributed by atoms with Crippen LogP contribution in [0, 0.1) is 0 Å². The first-order chi connectivity index (χ1) is 12.9. The fourth-order valence-corrected chi connectivity index (χ4v) is 4.31. The van der Waals surface area contributed by atoms with Gasteiger partial charge >= 0.3 is 6.18 Å². The van der Waals surface area contributed by atoms with Crippen LogP contribution >= 0.6 is 0 Å². The highest BCUT2D eigenvalue weighted by Crippen LogP contribution is 2.41. The minimum absolute atomic E-state index is 0.00341. The number of hydrogen-bond donors (Lipinski definition) is 1. The molecule has 3 aliphatic heterocycles. The van der Waals surface area contributed by atoms with Crippen LogP contribution in [0.1, 0.15) is 56.7 Å². The lowest BCUT2D eigenvalue weighted by molar-refractivity contribution is -0.173. The smallest absolute Gasteiger partial charge is 0.368 e. The van der Waals surface area contributed by atoms with E-state index < -0.39 is 12.2 Å². The number of nitrogens with zero attached hydrogens (tertiary/aromatic N) is 3. The van der Waals surface area contributed by atoms with Gasteiger partial charge in [0.05, 0.1) is 5.69 Å². The van der Waals surface area contributed by atoms with E-state index in [4.69, 9.17) is 4.74 Å². The van der Waals surface area contributed by atoms with E-state index in [-0.39, 0.29) is 30.4 Å². The zero-order valence-corrected chi connectivity index (χ0v) is 15.3. The molecule has 2 fully saturated rings. The molecule has 1 aromatic heterocycles. The van der Waals surface area contributed by atoms with Crippen LogP contribution in [0.3, 0.4) is 0 Å². The molecular formula is C18H25F3N4O2. The van der Waals surface area contributed by atoms with Gasteiger partial charge in [0.2, 0.25) is 0 Å². The average molecular weight is 386 g/mol. The zero-order valence-electron chi connectivity index (χ0n) is 15.3. The van der Waals surface area contributed by atoms with Gasteiger partial charge in [-0.1, -0.05) is 6.92 Å². The summed E-state index contributed by atoms with van der Waals surface area (Å²) in [6.07, 6.45) is -1.73. The molecule has 3 aliphatic rings. The van der Waals surface area contributed by atoms with Crippen LogP contribution in [0.15, 0.2) is 6.07 Å². The van der Waals surface area contributed by atoms with E-state index in [0.29, 0.717) is 44.0 Å². The molecule has 6 nitrogen and oxygen atoms in total. The molecule has 2 unspecified atom stereocenters. The third kappa shape index (κ3) is 3.53. The highest BCUT2D eigenvalue weighted by molar-refractivity contribution is 5.81. The fraction of sp³-hybridized carbons (Fsp3) is 0.778. The zero-order chi connectivity index (χ0) is 19.2. The molecule has 0 aliphatic carbocycles.